The average Bonchev–Trinajstić information content (AvgIpc) is 2.57. The molecule has 0 bridgehead atoms. The molecular weight excluding hydrogens is 292 g/mol. The summed E-state index contributed by atoms with van der Waals surface area (Å²) in [4.78, 5) is 25.2. The molecule has 0 aliphatic rings. The van der Waals surface area contributed by atoms with E-state index in [4.69, 9.17) is 4.74 Å². The Labute approximate surface area is 133 Å². The maximum Gasteiger partial charge on any atom is 0.331 e. The summed E-state index contributed by atoms with van der Waals surface area (Å²) in [5, 5.41) is 0.556. The topological polar surface area (TPSA) is 53.2 Å². The van der Waals surface area contributed by atoms with Crippen LogP contribution in [0.5, 0.6) is 5.75 Å². The van der Waals surface area contributed by atoms with E-state index in [2.05, 4.69) is 0 Å². The standard InChI is InChI=1S/C18H18N2O3/c1-12-4-9-16-15(10-12)17(21)20(18(22)19(16)2)11-13-5-7-14(23-3)8-6-13/h4-10H,11H2,1-3H3. The Kier molecular flexibility index (Phi) is 3.78. The smallest absolute Gasteiger partial charge is 0.331 e. The zero-order valence-corrected chi connectivity index (χ0v) is 13.4. The third-order valence-corrected chi connectivity index (χ3v) is 4.01. The van der Waals surface area contributed by atoms with Gasteiger partial charge in [-0.3, -0.25) is 13.9 Å². The highest BCUT2D eigenvalue weighted by Crippen LogP contribution is 2.13. The molecule has 2 aromatic carbocycles. The van der Waals surface area contributed by atoms with Gasteiger partial charge in [-0.1, -0.05) is 23.8 Å². The molecule has 5 nitrogen and oxygen atoms in total. The Hall–Kier alpha value is -2.82. The van der Waals surface area contributed by atoms with Crippen LogP contribution in [0.15, 0.2) is 52.1 Å². The van der Waals surface area contributed by atoms with Crippen LogP contribution in [0.1, 0.15) is 11.1 Å². The highest BCUT2D eigenvalue weighted by Gasteiger charge is 2.11. The molecule has 3 aromatic rings. The van der Waals surface area contributed by atoms with E-state index < -0.39 is 0 Å². The van der Waals surface area contributed by atoms with Gasteiger partial charge in [-0.15, -0.1) is 0 Å². The number of ether oxygens (including phenoxy) is 1. The lowest BCUT2D eigenvalue weighted by atomic mass is 10.1. The molecule has 0 saturated carbocycles. The van der Waals surface area contributed by atoms with Crippen molar-refractivity contribution in [2.24, 2.45) is 7.05 Å². The minimum absolute atomic E-state index is 0.235. The first-order valence-electron chi connectivity index (χ1n) is 7.34. The third kappa shape index (κ3) is 2.65. The number of hydrogen-bond acceptors (Lipinski definition) is 3. The fourth-order valence-electron chi connectivity index (χ4n) is 2.68. The Bertz CT molecular complexity index is 982. The number of aryl methyl sites for hydroxylation is 2. The average molecular weight is 310 g/mol. The minimum atomic E-state index is -0.317. The van der Waals surface area contributed by atoms with Crippen molar-refractivity contribution in [2.75, 3.05) is 7.11 Å². The van der Waals surface area contributed by atoms with Crippen molar-refractivity contribution in [1.82, 2.24) is 9.13 Å². The molecule has 0 atom stereocenters. The Morgan fingerprint density at radius 3 is 2.39 bits per heavy atom. The van der Waals surface area contributed by atoms with Gasteiger partial charge < -0.3 is 4.74 Å². The SMILES string of the molecule is COc1ccc(Cn2c(=O)c3cc(C)ccc3n(C)c2=O)cc1. The molecule has 0 aliphatic heterocycles. The van der Waals surface area contributed by atoms with Crippen LogP contribution in [-0.4, -0.2) is 16.2 Å². The number of fused-ring (bicyclic) bond motifs is 1. The van der Waals surface area contributed by atoms with Gasteiger partial charge in [0.15, 0.2) is 0 Å². The van der Waals surface area contributed by atoms with E-state index in [1.807, 2.05) is 49.4 Å². The molecule has 1 aromatic heterocycles. The Morgan fingerprint density at radius 1 is 1.04 bits per heavy atom. The maximum absolute atomic E-state index is 12.7. The minimum Gasteiger partial charge on any atom is -0.497 e. The summed E-state index contributed by atoms with van der Waals surface area (Å²) in [6.07, 6.45) is 0. The number of hydrogen-bond donors (Lipinski definition) is 0. The van der Waals surface area contributed by atoms with Crippen molar-refractivity contribution in [3.8, 4) is 5.75 Å². The van der Waals surface area contributed by atoms with E-state index in [9.17, 15) is 9.59 Å². The molecule has 0 unspecified atom stereocenters. The zero-order chi connectivity index (χ0) is 16.6. The summed E-state index contributed by atoms with van der Waals surface area (Å²) in [5.41, 5.74) is 1.93. The second-order valence-corrected chi connectivity index (χ2v) is 5.60. The monoisotopic (exact) mass is 310 g/mol. The fraction of sp³-hybridized carbons (Fsp3) is 0.222. The van der Waals surface area contributed by atoms with Crippen LogP contribution in [0.4, 0.5) is 0 Å². The number of nitrogens with zero attached hydrogens (tertiary/aromatic N) is 2. The largest absolute Gasteiger partial charge is 0.497 e. The van der Waals surface area contributed by atoms with Gasteiger partial charge in [-0.05, 0) is 36.8 Å². The first-order chi connectivity index (χ1) is 11.0. The van der Waals surface area contributed by atoms with Gasteiger partial charge in [0.05, 0.1) is 24.6 Å². The molecular formula is C18H18N2O3. The van der Waals surface area contributed by atoms with Crippen molar-refractivity contribution < 1.29 is 4.74 Å². The maximum atomic E-state index is 12.7. The van der Waals surface area contributed by atoms with Gasteiger partial charge >= 0.3 is 5.69 Å². The Morgan fingerprint density at radius 2 is 1.74 bits per heavy atom. The predicted octanol–water partition coefficient (Wildman–Crippen LogP) is 2.07. The lowest BCUT2D eigenvalue weighted by Gasteiger charge is -2.11. The van der Waals surface area contributed by atoms with Gasteiger partial charge in [-0.2, -0.15) is 0 Å². The van der Waals surface area contributed by atoms with E-state index in [0.717, 1.165) is 16.9 Å². The van der Waals surface area contributed by atoms with E-state index in [1.54, 1.807) is 14.2 Å². The second-order valence-electron chi connectivity index (χ2n) is 5.60. The molecule has 5 heteroatoms. The number of benzene rings is 2. The van der Waals surface area contributed by atoms with Crippen LogP contribution in [0.3, 0.4) is 0 Å². The normalized spacial score (nSPS) is 10.9. The summed E-state index contributed by atoms with van der Waals surface area (Å²) < 4.78 is 7.90. The number of rotatable bonds is 3. The van der Waals surface area contributed by atoms with Crippen molar-refractivity contribution in [1.29, 1.82) is 0 Å². The summed E-state index contributed by atoms with van der Waals surface area (Å²) >= 11 is 0. The summed E-state index contributed by atoms with van der Waals surface area (Å²) in [5.74, 6) is 0.739. The van der Waals surface area contributed by atoms with E-state index in [0.29, 0.717) is 10.9 Å². The molecule has 1 heterocycles. The lowest BCUT2D eigenvalue weighted by Crippen LogP contribution is -2.39. The number of aromatic nitrogens is 2. The highest BCUT2D eigenvalue weighted by atomic mass is 16.5. The van der Waals surface area contributed by atoms with Crippen LogP contribution < -0.4 is 16.0 Å². The highest BCUT2D eigenvalue weighted by molar-refractivity contribution is 5.78. The van der Waals surface area contributed by atoms with E-state index in [1.165, 1.54) is 9.13 Å². The second kappa shape index (κ2) is 5.76. The van der Waals surface area contributed by atoms with Crippen LogP contribution in [0.25, 0.3) is 10.9 Å². The molecule has 0 aliphatic carbocycles. The molecule has 0 spiro atoms. The van der Waals surface area contributed by atoms with Crippen molar-refractivity contribution in [3.05, 3.63) is 74.4 Å². The summed E-state index contributed by atoms with van der Waals surface area (Å²) in [7, 11) is 3.28. The Balaban J connectivity index is 2.16. The molecule has 118 valence electrons. The van der Waals surface area contributed by atoms with Crippen molar-refractivity contribution in [3.63, 3.8) is 0 Å². The molecule has 3 rings (SSSR count). The quantitative estimate of drug-likeness (QED) is 0.744. The van der Waals surface area contributed by atoms with Gasteiger partial charge in [0.1, 0.15) is 5.75 Å². The van der Waals surface area contributed by atoms with Crippen molar-refractivity contribution in [2.45, 2.75) is 13.5 Å². The molecule has 23 heavy (non-hydrogen) atoms. The molecule has 0 fully saturated rings. The van der Waals surface area contributed by atoms with Gasteiger partial charge in [-0.25, -0.2) is 4.79 Å². The first kappa shape index (κ1) is 15.1. The van der Waals surface area contributed by atoms with Gasteiger partial charge in [0.25, 0.3) is 5.56 Å². The summed E-state index contributed by atoms with van der Waals surface area (Å²) in [6.45, 7) is 2.16. The number of methoxy groups -OCH3 is 1. The summed E-state index contributed by atoms with van der Waals surface area (Å²) in [6, 6.07) is 12.9. The van der Waals surface area contributed by atoms with Crippen LogP contribution >= 0.6 is 0 Å². The van der Waals surface area contributed by atoms with Crippen LogP contribution in [-0.2, 0) is 13.6 Å². The van der Waals surface area contributed by atoms with Crippen molar-refractivity contribution >= 4 is 10.9 Å². The first-order valence-corrected chi connectivity index (χ1v) is 7.34. The molecule has 0 radical (unpaired) electrons. The van der Waals surface area contributed by atoms with Gasteiger partial charge in [0, 0.05) is 7.05 Å². The van der Waals surface area contributed by atoms with E-state index >= 15 is 0 Å². The predicted molar refractivity (Wildman–Crippen MR) is 90.3 cm³/mol. The zero-order valence-electron chi connectivity index (χ0n) is 13.4. The molecule has 0 saturated heterocycles. The lowest BCUT2D eigenvalue weighted by molar-refractivity contribution is 0.414. The van der Waals surface area contributed by atoms with E-state index in [-0.39, 0.29) is 17.8 Å². The van der Waals surface area contributed by atoms with Crippen LogP contribution in [0.2, 0.25) is 0 Å². The van der Waals surface area contributed by atoms with Gasteiger partial charge in [0.2, 0.25) is 0 Å². The van der Waals surface area contributed by atoms with Crippen LogP contribution in [0, 0.1) is 6.92 Å². The third-order valence-electron chi connectivity index (χ3n) is 4.01. The molecule has 0 N–H and O–H groups in total. The fourth-order valence-corrected chi connectivity index (χ4v) is 2.68. The molecule has 0 amide bonds.